The molecule has 2 heterocycles. The highest BCUT2D eigenvalue weighted by molar-refractivity contribution is 6.42. The molecule has 10 heteroatoms. The van der Waals surface area contributed by atoms with Crippen molar-refractivity contribution in [2.24, 2.45) is 0 Å². The lowest BCUT2D eigenvalue weighted by Crippen LogP contribution is -2.38. The van der Waals surface area contributed by atoms with Crippen LogP contribution in [0.15, 0.2) is 24.4 Å². The summed E-state index contributed by atoms with van der Waals surface area (Å²) in [5, 5.41) is 22.3. The number of amides is 1. The first-order valence-electron chi connectivity index (χ1n) is 9.11. The third kappa shape index (κ3) is 5.15. The fraction of sp³-hybridized carbons (Fsp3) is 0.421. The van der Waals surface area contributed by atoms with E-state index >= 15 is 0 Å². The Balaban J connectivity index is 1.71. The van der Waals surface area contributed by atoms with Gasteiger partial charge in [0.1, 0.15) is 5.56 Å². The Kier molecular flexibility index (Phi) is 7.26. The van der Waals surface area contributed by atoms with Crippen LogP contribution in [0, 0.1) is 0 Å². The van der Waals surface area contributed by atoms with Crippen LogP contribution in [-0.4, -0.2) is 70.6 Å². The van der Waals surface area contributed by atoms with Gasteiger partial charge in [-0.1, -0.05) is 29.3 Å². The molecule has 0 saturated carbocycles. The zero-order chi connectivity index (χ0) is 21.0. The van der Waals surface area contributed by atoms with Crippen LogP contribution in [0.4, 0.5) is 0 Å². The fourth-order valence-electron chi connectivity index (χ4n) is 3.09. The molecule has 1 aromatic heterocycles. The van der Waals surface area contributed by atoms with Gasteiger partial charge in [-0.2, -0.15) is 0 Å². The van der Waals surface area contributed by atoms with Crippen LogP contribution in [0.2, 0.25) is 10.0 Å². The molecule has 158 valence electrons. The Morgan fingerprint density at radius 1 is 1.21 bits per heavy atom. The molecule has 0 radical (unpaired) electrons. The molecule has 0 aliphatic carbocycles. The molecule has 0 spiro atoms. The van der Waals surface area contributed by atoms with Crippen LogP contribution < -0.4 is 0 Å². The molecule has 0 atom stereocenters. The molecule has 3 rings (SSSR count). The molecule has 2 aromatic rings. The highest BCUT2D eigenvalue weighted by Crippen LogP contribution is 2.32. The van der Waals surface area contributed by atoms with Crippen molar-refractivity contribution in [1.82, 2.24) is 14.5 Å². The van der Waals surface area contributed by atoms with Crippen molar-refractivity contribution >= 4 is 29.1 Å². The predicted octanol–water partition coefficient (Wildman–Crippen LogP) is 2.74. The van der Waals surface area contributed by atoms with Gasteiger partial charge >= 0.3 is 0 Å². The number of hydrogen-bond acceptors (Lipinski definition) is 6. The monoisotopic (exact) mass is 443 g/mol. The van der Waals surface area contributed by atoms with Gasteiger partial charge in [0.05, 0.1) is 36.9 Å². The molecule has 8 nitrogen and oxygen atoms in total. The van der Waals surface area contributed by atoms with E-state index in [4.69, 9.17) is 32.8 Å². The Bertz CT molecular complexity index is 868. The number of nitrogens with zero attached hydrogens (tertiary/aromatic N) is 3. The number of halogens is 2. The van der Waals surface area contributed by atoms with Gasteiger partial charge in [-0.05, 0) is 17.7 Å². The van der Waals surface area contributed by atoms with Gasteiger partial charge in [0.25, 0.3) is 5.91 Å². The minimum Gasteiger partial charge on any atom is -0.503 e. The zero-order valence-electron chi connectivity index (χ0n) is 16.0. The van der Waals surface area contributed by atoms with Crippen molar-refractivity contribution in [3.05, 3.63) is 45.6 Å². The van der Waals surface area contributed by atoms with Crippen molar-refractivity contribution in [2.45, 2.75) is 13.1 Å². The largest absolute Gasteiger partial charge is 0.503 e. The summed E-state index contributed by atoms with van der Waals surface area (Å²) in [7, 11) is 1.35. The van der Waals surface area contributed by atoms with Crippen LogP contribution in [-0.2, 0) is 22.7 Å². The number of ether oxygens (including phenoxy) is 1. The van der Waals surface area contributed by atoms with E-state index in [2.05, 4.69) is 4.90 Å². The first-order valence-corrected chi connectivity index (χ1v) is 9.87. The molecule has 1 aromatic carbocycles. The Hall–Kier alpha value is -1.97. The maximum Gasteiger partial charge on any atom is 0.283 e. The second kappa shape index (κ2) is 9.69. The van der Waals surface area contributed by atoms with Crippen LogP contribution in [0.5, 0.6) is 11.6 Å². The summed E-state index contributed by atoms with van der Waals surface area (Å²) in [4.78, 5) is 20.2. The average Bonchev–Trinajstić information content (AvgIpc) is 3.01. The second-order valence-electron chi connectivity index (χ2n) is 6.64. The third-order valence-electron chi connectivity index (χ3n) is 4.77. The molecule has 1 aliphatic rings. The lowest BCUT2D eigenvalue weighted by atomic mass is 10.2. The van der Waals surface area contributed by atoms with Gasteiger partial charge in [-0.3, -0.25) is 14.5 Å². The van der Waals surface area contributed by atoms with Gasteiger partial charge in [-0.15, -0.1) is 0 Å². The van der Waals surface area contributed by atoms with Crippen molar-refractivity contribution in [3.8, 4) is 11.6 Å². The smallest absolute Gasteiger partial charge is 0.283 e. The topological polar surface area (TPSA) is 87.4 Å². The number of carbonyl (C=O) groups is 1. The van der Waals surface area contributed by atoms with E-state index in [1.165, 1.54) is 17.9 Å². The lowest BCUT2D eigenvalue weighted by molar-refractivity contribution is -0.102. The molecule has 0 bridgehead atoms. The lowest BCUT2D eigenvalue weighted by Gasteiger charge is -2.26. The normalized spacial score (nSPS) is 14.9. The van der Waals surface area contributed by atoms with Crippen molar-refractivity contribution in [2.75, 3.05) is 40.0 Å². The quantitative estimate of drug-likeness (QED) is 0.639. The predicted molar refractivity (Wildman–Crippen MR) is 108 cm³/mol. The van der Waals surface area contributed by atoms with E-state index in [9.17, 15) is 15.0 Å². The van der Waals surface area contributed by atoms with E-state index in [0.29, 0.717) is 41.9 Å². The number of rotatable bonds is 7. The molecule has 2 N–H and O–H groups in total. The van der Waals surface area contributed by atoms with Gasteiger partial charge in [-0.25, -0.2) is 5.06 Å². The molecule has 1 aliphatic heterocycles. The number of hydrogen-bond donors (Lipinski definition) is 2. The van der Waals surface area contributed by atoms with E-state index in [1.807, 2.05) is 0 Å². The van der Waals surface area contributed by atoms with Gasteiger partial charge in [0.15, 0.2) is 5.75 Å². The number of aromatic hydroxyl groups is 2. The molecular formula is C19H23Cl2N3O5. The number of aromatic nitrogens is 1. The summed E-state index contributed by atoms with van der Waals surface area (Å²) in [6, 6.07) is 4.98. The zero-order valence-corrected chi connectivity index (χ0v) is 17.5. The van der Waals surface area contributed by atoms with Crippen molar-refractivity contribution in [3.63, 3.8) is 0 Å². The third-order valence-corrected chi connectivity index (χ3v) is 5.51. The molecule has 1 amide bonds. The molecule has 1 fully saturated rings. The minimum atomic E-state index is -0.587. The summed E-state index contributed by atoms with van der Waals surface area (Å²) in [6.45, 7) is 4.13. The van der Waals surface area contributed by atoms with E-state index in [-0.39, 0.29) is 18.0 Å². The minimum absolute atomic E-state index is 0.0496. The summed E-state index contributed by atoms with van der Waals surface area (Å²) in [5.74, 6) is -1.42. The van der Waals surface area contributed by atoms with E-state index < -0.39 is 11.7 Å². The summed E-state index contributed by atoms with van der Waals surface area (Å²) < 4.78 is 6.76. The number of carbonyl (C=O) groups excluding carboxylic acids is 1. The van der Waals surface area contributed by atoms with Gasteiger partial charge in [0.2, 0.25) is 5.88 Å². The number of hydroxylamine groups is 2. The highest BCUT2D eigenvalue weighted by Gasteiger charge is 2.25. The van der Waals surface area contributed by atoms with Gasteiger partial charge in [0, 0.05) is 32.4 Å². The molecule has 0 unspecified atom stereocenters. The SMILES string of the molecule is CON(Cc1ccc(Cl)c(Cl)c1)C(=O)c1cn(CCN2CCOCC2)c(O)c1O. The van der Waals surface area contributed by atoms with Crippen LogP contribution in [0.3, 0.4) is 0 Å². The van der Waals surface area contributed by atoms with Crippen molar-refractivity contribution in [1.29, 1.82) is 0 Å². The summed E-state index contributed by atoms with van der Waals surface area (Å²) in [6.07, 6.45) is 1.42. The number of morpholine rings is 1. The van der Waals surface area contributed by atoms with Crippen molar-refractivity contribution < 1.29 is 24.6 Å². The van der Waals surface area contributed by atoms with Gasteiger partial charge < -0.3 is 19.5 Å². The Morgan fingerprint density at radius 3 is 2.59 bits per heavy atom. The Labute approximate surface area is 178 Å². The average molecular weight is 444 g/mol. The first-order chi connectivity index (χ1) is 13.9. The maximum atomic E-state index is 12.9. The molecular weight excluding hydrogens is 421 g/mol. The van der Waals surface area contributed by atoms with E-state index in [0.717, 1.165) is 18.2 Å². The highest BCUT2D eigenvalue weighted by atomic mass is 35.5. The fourth-order valence-corrected chi connectivity index (χ4v) is 3.41. The first kappa shape index (κ1) is 21.7. The molecule has 29 heavy (non-hydrogen) atoms. The van der Waals surface area contributed by atoms with E-state index in [1.54, 1.807) is 18.2 Å². The maximum absolute atomic E-state index is 12.9. The number of benzene rings is 1. The van der Waals surface area contributed by atoms with Crippen LogP contribution in [0.1, 0.15) is 15.9 Å². The van der Waals surface area contributed by atoms with Crippen LogP contribution >= 0.6 is 23.2 Å². The second-order valence-corrected chi connectivity index (χ2v) is 7.45. The standard InChI is InChI=1S/C19H23Cl2N3O5/c1-28-24(11-13-2-3-15(20)16(21)10-13)18(26)14-12-23(19(27)17(14)25)5-4-22-6-8-29-9-7-22/h2-3,10,12,25,27H,4-9,11H2,1H3. The summed E-state index contributed by atoms with van der Waals surface area (Å²) in [5.41, 5.74) is 0.649. The van der Waals surface area contributed by atoms with Crippen LogP contribution in [0.25, 0.3) is 0 Å². The Morgan fingerprint density at radius 2 is 1.93 bits per heavy atom. The molecule has 1 saturated heterocycles. The summed E-state index contributed by atoms with van der Waals surface area (Å²) >= 11 is 11.9.